The van der Waals surface area contributed by atoms with Gasteiger partial charge in [-0.1, -0.05) is 39.0 Å². The van der Waals surface area contributed by atoms with Crippen LogP contribution in [0.4, 0.5) is 0 Å². The van der Waals surface area contributed by atoms with Crippen molar-refractivity contribution in [2.75, 3.05) is 0 Å². The van der Waals surface area contributed by atoms with Gasteiger partial charge in [0.15, 0.2) is 0 Å². The maximum atomic E-state index is 3.55. The molecule has 0 unspecified atom stereocenters. The van der Waals surface area contributed by atoms with E-state index in [1.54, 1.807) is 0 Å². The maximum Gasteiger partial charge on any atom is 0.0213 e. The Balaban J connectivity index is 2.47. The monoisotopic (exact) mass is 203 g/mol. The van der Waals surface area contributed by atoms with Gasteiger partial charge in [-0.3, -0.25) is 0 Å². The van der Waals surface area contributed by atoms with Crippen molar-refractivity contribution in [3.63, 3.8) is 0 Å². The molecule has 0 amide bonds. The first-order valence-electron chi connectivity index (χ1n) is 5.83. The van der Waals surface area contributed by atoms with Crippen molar-refractivity contribution < 1.29 is 0 Å². The lowest BCUT2D eigenvalue weighted by molar-refractivity contribution is 0.496. The van der Waals surface area contributed by atoms with E-state index in [0.717, 1.165) is 6.54 Å². The minimum atomic E-state index is 0.258. The predicted molar refractivity (Wildman–Crippen MR) is 65.1 cm³/mol. The molecule has 0 fully saturated rings. The lowest BCUT2D eigenvalue weighted by Crippen LogP contribution is -2.34. The molecule has 1 aliphatic heterocycles. The van der Waals surface area contributed by atoms with Crippen LogP contribution in [-0.4, -0.2) is 6.04 Å². The highest BCUT2D eigenvalue weighted by Crippen LogP contribution is 2.30. The number of hydrogen-bond donors (Lipinski definition) is 1. The Hall–Kier alpha value is -0.820. The van der Waals surface area contributed by atoms with Crippen LogP contribution >= 0.6 is 0 Å². The Morgan fingerprint density at radius 3 is 2.67 bits per heavy atom. The van der Waals surface area contributed by atoms with Crippen LogP contribution in [0.25, 0.3) is 0 Å². The Bertz CT molecular complexity index is 360. The molecular weight excluding hydrogens is 182 g/mol. The minimum Gasteiger partial charge on any atom is -0.310 e. The molecule has 15 heavy (non-hydrogen) atoms. The molecule has 82 valence electrons. The third kappa shape index (κ3) is 2.07. The molecule has 1 aromatic rings. The number of rotatable bonds is 0. The molecule has 1 nitrogen and oxygen atoms in total. The topological polar surface area (TPSA) is 12.0 Å². The van der Waals surface area contributed by atoms with Crippen LogP contribution < -0.4 is 5.32 Å². The van der Waals surface area contributed by atoms with Gasteiger partial charge in [-0.2, -0.15) is 0 Å². The van der Waals surface area contributed by atoms with Crippen LogP contribution in [0.2, 0.25) is 0 Å². The first kappa shape index (κ1) is 10.7. The van der Waals surface area contributed by atoms with Crippen molar-refractivity contribution >= 4 is 0 Å². The van der Waals surface area contributed by atoms with Gasteiger partial charge in [0.25, 0.3) is 0 Å². The van der Waals surface area contributed by atoms with E-state index in [4.69, 9.17) is 0 Å². The first-order chi connectivity index (χ1) is 6.98. The fourth-order valence-corrected chi connectivity index (χ4v) is 2.42. The highest BCUT2D eigenvalue weighted by Gasteiger charge is 2.22. The Labute approximate surface area is 92.9 Å². The zero-order valence-corrected chi connectivity index (χ0v) is 10.2. The molecule has 2 rings (SSSR count). The summed E-state index contributed by atoms with van der Waals surface area (Å²) < 4.78 is 0. The third-order valence-corrected chi connectivity index (χ3v) is 3.23. The zero-order valence-electron chi connectivity index (χ0n) is 10.2. The summed E-state index contributed by atoms with van der Waals surface area (Å²) >= 11 is 0. The summed E-state index contributed by atoms with van der Waals surface area (Å²) in [5.74, 6) is 0. The van der Waals surface area contributed by atoms with Crippen LogP contribution in [0.1, 0.15) is 44.4 Å². The van der Waals surface area contributed by atoms with Crippen molar-refractivity contribution in [1.29, 1.82) is 0 Å². The second kappa shape index (κ2) is 3.64. The lowest BCUT2D eigenvalue weighted by atomic mass is 9.80. The molecule has 0 radical (unpaired) electrons. The largest absolute Gasteiger partial charge is 0.310 e. The second-order valence-electron chi connectivity index (χ2n) is 5.68. The molecule has 0 aliphatic carbocycles. The van der Waals surface area contributed by atoms with E-state index in [2.05, 4.69) is 51.2 Å². The van der Waals surface area contributed by atoms with E-state index in [-0.39, 0.29) is 5.41 Å². The highest BCUT2D eigenvalue weighted by molar-refractivity contribution is 5.40. The van der Waals surface area contributed by atoms with Crippen molar-refractivity contribution in [3.8, 4) is 0 Å². The SMILES string of the molecule is C[C@H]1Cc2cccc(C(C)(C)C)c2CN1. The van der Waals surface area contributed by atoms with Crippen LogP contribution in [0.5, 0.6) is 0 Å². The van der Waals surface area contributed by atoms with Gasteiger partial charge >= 0.3 is 0 Å². The molecule has 1 atom stereocenters. The molecule has 1 heterocycles. The van der Waals surface area contributed by atoms with E-state index in [9.17, 15) is 0 Å². The summed E-state index contributed by atoms with van der Waals surface area (Å²) in [6, 6.07) is 7.38. The quantitative estimate of drug-likeness (QED) is 0.683. The summed E-state index contributed by atoms with van der Waals surface area (Å²) in [6.45, 7) is 10.2. The van der Waals surface area contributed by atoms with Crippen molar-refractivity contribution in [2.24, 2.45) is 0 Å². The van der Waals surface area contributed by atoms with Gasteiger partial charge in [-0.25, -0.2) is 0 Å². The average Bonchev–Trinajstić information content (AvgIpc) is 2.15. The molecule has 0 saturated heterocycles. The minimum absolute atomic E-state index is 0.258. The molecule has 1 aromatic carbocycles. The summed E-state index contributed by atoms with van der Waals surface area (Å²) in [4.78, 5) is 0. The Morgan fingerprint density at radius 1 is 1.27 bits per heavy atom. The fourth-order valence-electron chi connectivity index (χ4n) is 2.42. The van der Waals surface area contributed by atoms with Crippen LogP contribution in [0.15, 0.2) is 18.2 Å². The van der Waals surface area contributed by atoms with E-state index >= 15 is 0 Å². The van der Waals surface area contributed by atoms with Gasteiger partial charge in [-0.05, 0) is 35.4 Å². The summed E-state index contributed by atoms with van der Waals surface area (Å²) in [6.07, 6.45) is 1.17. The normalized spacial score (nSPS) is 21.2. The second-order valence-corrected chi connectivity index (χ2v) is 5.68. The van der Waals surface area contributed by atoms with Gasteiger partial charge in [0.1, 0.15) is 0 Å². The summed E-state index contributed by atoms with van der Waals surface area (Å²) in [5.41, 5.74) is 4.82. The van der Waals surface area contributed by atoms with Crippen molar-refractivity contribution in [2.45, 2.75) is 52.1 Å². The molecule has 1 N–H and O–H groups in total. The maximum absolute atomic E-state index is 3.55. The highest BCUT2D eigenvalue weighted by atomic mass is 14.9. The van der Waals surface area contributed by atoms with E-state index in [0.29, 0.717) is 6.04 Å². The zero-order chi connectivity index (χ0) is 11.1. The van der Waals surface area contributed by atoms with E-state index in [1.165, 1.54) is 23.1 Å². The molecule has 1 aliphatic rings. The lowest BCUT2D eigenvalue weighted by Gasteiger charge is -2.30. The number of nitrogens with one attached hydrogen (secondary N) is 1. The molecular formula is C14H21N. The van der Waals surface area contributed by atoms with Crippen LogP contribution in [0, 0.1) is 0 Å². The van der Waals surface area contributed by atoms with E-state index in [1.807, 2.05) is 0 Å². The number of benzene rings is 1. The number of fused-ring (bicyclic) bond motifs is 1. The summed E-state index contributed by atoms with van der Waals surface area (Å²) in [5, 5.41) is 3.55. The smallest absolute Gasteiger partial charge is 0.0213 e. The van der Waals surface area contributed by atoms with Crippen LogP contribution in [-0.2, 0) is 18.4 Å². The first-order valence-corrected chi connectivity index (χ1v) is 5.83. The van der Waals surface area contributed by atoms with Gasteiger partial charge in [0.05, 0.1) is 0 Å². The predicted octanol–water partition coefficient (Wildman–Crippen LogP) is 3.02. The Kier molecular flexibility index (Phi) is 2.59. The average molecular weight is 203 g/mol. The summed E-state index contributed by atoms with van der Waals surface area (Å²) in [7, 11) is 0. The van der Waals surface area contributed by atoms with Gasteiger partial charge in [-0.15, -0.1) is 0 Å². The molecule has 0 saturated carbocycles. The number of hydrogen-bond acceptors (Lipinski definition) is 1. The molecule has 0 aromatic heterocycles. The third-order valence-electron chi connectivity index (χ3n) is 3.23. The van der Waals surface area contributed by atoms with E-state index < -0.39 is 0 Å². The fraction of sp³-hybridized carbons (Fsp3) is 0.571. The van der Waals surface area contributed by atoms with Crippen LogP contribution in [0.3, 0.4) is 0 Å². The van der Waals surface area contributed by atoms with Gasteiger partial charge in [0, 0.05) is 12.6 Å². The Morgan fingerprint density at radius 2 is 2.00 bits per heavy atom. The van der Waals surface area contributed by atoms with Gasteiger partial charge in [0.2, 0.25) is 0 Å². The molecule has 0 spiro atoms. The van der Waals surface area contributed by atoms with Crippen molar-refractivity contribution in [3.05, 3.63) is 34.9 Å². The molecule has 1 heteroatoms. The molecule has 0 bridgehead atoms. The van der Waals surface area contributed by atoms with Gasteiger partial charge < -0.3 is 5.32 Å². The standard InChI is InChI=1S/C14H21N/c1-10-8-11-6-5-7-13(14(2,3)4)12(11)9-15-10/h5-7,10,15H,8-9H2,1-4H3/t10-/m0/s1. The van der Waals surface area contributed by atoms with Crippen molar-refractivity contribution in [1.82, 2.24) is 5.32 Å².